The minimum atomic E-state index is 0.100. The largest absolute Gasteiger partial charge is 0.416 e. The highest BCUT2D eigenvalue weighted by Crippen LogP contribution is 2.36. The highest BCUT2D eigenvalue weighted by molar-refractivity contribution is 5.78. The zero-order valence-electron chi connectivity index (χ0n) is 23.9. The molecule has 202 valence electrons. The van der Waals surface area contributed by atoms with Gasteiger partial charge in [0.2, 0.25) is 11.8 Å². The van der Waals surface area contributed by atoms with Crippen molar-refractivity contribution in [1.29, 1.82) is 0 Å². The van der Waals surface area contributed by atoms with Gasteiger partial charge in [0, 0.05) is 28.2 Å². The van der Waals surface area contributed by atoms with E-state index in [1.165, 1.54) is 11.1 Å². The molecule has 0 unspecified atom stereocenters. The number of benzene rings is 5. The summed E-state index contributed by atoms with van der Waals surface area (Å²) in [5, 5.41) is 8.60. The summed E-state index contributed by atoms with van der Waals surface area (Å²) in [5.41, 5.74) is 10.0. The van der Waals surface area contributed by atoms with Crippen molar-refractivity contribution in [3.8, 4) is 34.0 Å². The van der Waals surface area contributed by atoms with Crippen molar-refractivity contribution in [3.05, 3.63) is 139 Å². The fourth-order valence-corrected chi connectivity index (χ4v) is 4.90. The summed E-state index contributed by atoms with van der Waals surface area (Å²) in [6, 6.07) is 44.4. The third-order valence-corrected chi connectivity index (χ3v) is 7.32. The number of anilines is 3. The molecule has 41 heavy (non-hydrogen) atoms. The van der Waals surface area contributed by atoms with Crippen molar-refractivity contribution < 1.29 is 4.42 Å². The Morgan fingerprint density at radius 2 is 0.902 bits per heavy atom. The van der Waals surface area contributed by atoms with Crippen molar-refractivity contribution in [3.63, 3.8) is 0 Å². The van der Waals surface area contributed by atoms with E-state index in [9.17, 15) is 0 Å². The summed E-state index contributed by atoms with van der Waals surface area (Å²) in [6.45, 7) is 8.72. The Labute approximate surface area is 242 Å². The number of rotatable bonds is 6. The lowest BCUT2D eigenvalue weighted by Crippen LogP contribution is -2.10. The van der Waals surface area contributed by atoms with E-state index in [0.29, 0.717) is 11.8 Å². The average Bonchev–Trinajstić information content (AvgIpc) is 3.50. The van der Waals surface area contributed by atoms with E-state index >= 15 is 0 Å². The minimum Gasteiger partial charge on any atom is -0.416 e. The van der Waals surface area contributed by atoms with Gasteiger partial charge >= 0.3 is 0 Å². The van der Waals surface area contributed by atoms with Gasteiger partial charge in [0.1, 0.15) is 0 Å². The summed E-state index contributed by atoms with van der Waals surface area (Å²) in [5.74, 6) is 1.04. The quantitative estimate of drug-likeness (QED) is 0.213. The van der Waals surface area contributed by atoms with E-state index < -0.39 is 0 Å². The number of hydrogen-bond acceptors (Lipinski definition) is 4. The molecule has 0 aliphatic rings. The van der Waals surface area contributed by atoms with Gasteiger partial charge < -0.3 is 9.32 Å². The second-order valence-electron chi connectivity index (χ2n) is 11.4. The van der Waals surface area contributed by atoms with Crippen LogP contribution in [0.1, 0.15) is 31.9 Å². The Bertz CT molecular complexity index is 1730. The Balaban J connectivity index is 1.22. The summed E-state index contributed by atoms with van der Waals surface area (Å²) in [6.07, 6.45) is 0. The van der Waals surface area contributed by atoms with Gasteiger partial charge in [-0.1, -0.05) is 93.1 Å². The Morgan fingerprint density at radius 1 is 0.488 bits per heavy atom. The van der Waals surface area contributed by atoms with E-state index in [2.05, 4.69) is 140 Å². The highest BCUT2D eigenvalue weighted by atomic mass is 16.4. The van der Waals surface area contributed by atoms with Crippen LogP contribution in [0.2, 0.25) is 0 Å². The van der Waals surface area contributed by atoms with Gasteiger partial charge in [-0.25, -0.2) is 0 Å². The van der Waals surface area contributed by atoms with Crippen LogP contribution in [-0.4, -0.2) is 10.2 Å². The van der Waals surface area contributed by atoms with Crippen LogP contribution in [0.4, 0.5) is 17.1 Å². The van der Waals surface area contributed by atoms with Gasteiger partial charge in [-0.05, 0) is 89.7 Å². The number of para-hydroxylation sites is 1. The van der Waals surface area contributed by atoms with Crippen LogP contribution < -0.4 is 4.90 Å². The molecule has 0 radical (unpaired) electrons. The molecule has 0 saturated carbocycles. The number of hydrogen-bond donors (Lipinski definition) is 0. The smallest absolute Gasteiger partial charge is 0.248 e. The molecule has 0 amide bonds. The number of nitrogens with zero attached hydrogens (tertiary/aromatic N) is 3. The van der Waals surface area contributed by atoms with Gasteiger partial charge in [-0.2, -0.15) is 0 Å². The molecule has 6 rings (SSSR count). The summed E-state index contributed by atoms with van der Waals surface area (Å²) in [4.78, 5) is 2.27. The monoisotopic (exact) mass is 535 g/mol. The minimum absolute atomic E-state index is 0.100. The second kappa shape index (κ2) is 10.9. The molecule has 5 aromatic carbocycles. The lowest BCUT2D eigenvalue weighted by molar-refractivity contribution is 0.582. The lowest BCUT2D eigenvalue weighted by atomic mass is 9.87. The third-order valence-electron chi connectivity index (χ3n) is 7.32. The molecule has 4 nitrogen and oxygen atoms in total. The van der Waals surface area contributed by atoms with E-state index in [1.807, 2.05) is 30.3 Å². The van der Waals surface area contributed by atoms with Gasteiger partial charge in [0.25, 0.3) is 0 Å². The fraction of sp³-hybridized carbons (Fsp3) is 0.135. The maximum atomic E-state index is 6.03. The molecule has 1 heterocycles. The molecular weight excluding hydrogens is 502 g/mol. The number of aromatic nitrogens is 2. The van der Waals surface area contributed by atoms with Crippen LogP contribution >= 0.6 is 0 Å². The van der Waals surface area contributed by atoms with Crippen LogP contribution in [0.25, 0.3) is 34.0 Å². The maximum absolute atomic E-state index is 6.03. The summed E-state index contributed by atoms with van der Waals surface area (Å²) >= 11 is 0. The first kappa shape index (κ1) is 26.3. The van der Waals surface area contributed by atoms with Crippen LogP contribution in [-0.2, 0) is 5.41 Å². The van der Waals surface area contributed by atoms with Crippen molar-refractivity contribution in [1.82, 2.24) is 10.2 Å². The van der Waals surface area contributed by atoms with Crippen LogP contribution in [0.5, 0.6) is 0 Å². The van der Waals surface area contributed by atoms with E-state index in [4.69, 9.17) is 4.42 Å². The zero-order chi connectivity index (χ0) is 28.4. The first-order valence-electron chi connectivity index (χ1n) is 13.9. The van der Waals surface area contributed by atoms with Crippen molar-refractivity contribution in [2.24, 2.45) is 0 Å². The summed E-state index contributed by atoms with van der Waals surface area (Å²) < 4.78 is 6.03. The molecule has 0 saturated heterocycles. The Hall–Kier alpha value is -4.96. The molecule has 4 heteroatoms. The second-order valence-corrected chi connectivity index (χ2v) is 11.4. The molecule has 6 aromatic rings. The summed E-state index contributed by atoms with van der Waals surface area (Å²) in [7, 11) is 0. The van der Waals surface area contributed by atoms with Gasteiger partial charge in [-0.15, -0.1) is 10.2 Å². The van der Waals surface area contributed by atoms with Crippen LogP contribution in [0.3, 0.4) is 0 Å². The van der Waals surface area contributed by atoms with Crippen molar-refractivity contribution in [2.45, 2.75) is 33.1 Å². The molecule has 0 bridgehead atoms. The molecule has 0 fully saturated rings. The average molecular weight is 536 g/mol. The first-order chi connectivity index (χ1) is 19.8. The Morgan fingerprint density at radius 3 is 1.41 bits per heavy atom. The lowest BCUT2D eigenvalue weighted by Gasteiger charge is -2.25. The maximum Gasteiger partial charge on any atom is 0.248 e. The molecule has 1 aromatic heterocycles. The standard InChI is InChI=1S/C37H33N3O/c1-26-10-22-33(23-11-26)40(32-8-6-5-7-9-32)34-24-18-28(19-25-34)27-12-14-29(15-13-27)35-38-39-36(41-35)30-16-20-31(21-17-30)37(2,3)4/h5-25H,1-4H3. The SMILES string of the molecule is Cc1ccc(N(c2ccccc2)c2ccc(-c3ccc(-c4nnc(-c5ccc(C(C)(C)C)cc5)o4)cc3)cc2)cc1. The predicted octanol–water partition coefficient (Wildman–Crippen LogP) is 10.1. The first-order valence-corrected chi connectivity index (χ1v) is 13.9. The van der Waals surface area contributed by atoms with Gasteiger partial charge in [0.15, 0.2) is 0 Å². The normalized spacial score (nSPS) is 11.4. The molecular formula is C37H33N3O. The predicted molar refractivity (Wildman–Crippen MR) is 169 cm³/mol. The highest BCUT2D eigenvalue weighted by Gasteiger charge is 2.16. The van der Waals surface area contributed by atoms with Crippen molar-refractivity contribution in [2.75, 3.05) is 4.90 Å². The molecule has 0 aliphatic carbocycles. The van der Waals surface area contributed by atoms with Crippen LogP contribution in [0, 0.1) is 6.92 Å². The third kappa shape index (κ3) is 5.68. The number of aryl methyl sites for hydroxylation is 1. The van der Waals surface area contributed by atoms with Gasteiger partial charge in [0.05, 0.1) is 0 Å². The van der Waals surface area contributed by atoms with Crippen molar-refractivity contribution >= 4 is 17.1 Å². The fourth-order valence-electron chi connectivity index (χ4n) is 4.90. The van der Waals surface area contributed by atoms with Crippen LogP contribution in [0.15, 0.2) is 132 Å². The molecule has 0 N–H and O–H groups in total. The molecule has 0 atom stereocenters. The molecule has 0 aliphatic heterocycles. The van der Waals surface area contributed by atoms with E-state index in [0.717, 1.165) is 39.3 Å². The Kier molecular flexibility index (Phi) is 6.98. The van der Waals surface area contributed by atoms with E-state index in [-0.39, 0.29) is 5.41 Å². The van der Waals surface area contributed by atoms with E-state index in [1.54, 1.807) is 0 Å². The molecule has 0 spiro atoms. The zero-order valence-corrected chi connectivity index (χ0v) is 23.9. The van der Waals surface area contributed by atoms with Gasteiger partial charge in [-0.3, -0.25) is 0 Å². The topological polar surface area (TPSA) is 42.2 Å².